The molecule has 0 fully saturated rings. The topological polar surface area (TPSA) is 78.4 Å². The number of benzene rings is 1. The molecular formula is C15H22N2O3S. The third kappa shape index (κ3) is 7.04. The third-order valence-electron chi connectivity index (χ3n) is 3.02. The monoisotopic (exact) mass is 310 g/mol. The van der Waals surface area contributed by atoms with E-state index >= 15 is 0 Å². The van der Waals surface area contributed by atoms with Crippen molar-refractivity contribution in [3.8, 4) is 0 Å². The second-order valence-corrected chi connectivity index (χ2v) is 5.87. The number of hydrogen-bond acceptors (Lipinski definition) is 3. The fourth-order valence-corrected chi connectivity index (χ4v) is 2.43. The van der Waals surface area contributed by atoms with E-state index in [2.05, 4.69) is 10.6 Å². The average molecular weight is 310 g/mol. The molecule has 2 atom stereocenters. The number of carbonyl (C=O) groups excluding carboxylic acids is 1. The third-order valence-corrected chi connectivity index (χ3v) is 3.66. The van der Waals surface area contributed by atoms with E-state index in [4.69, 9.17) is 0 Å². The molecule has 6 heteroatoms. The molecule has 0 aliphatic heterocycles. The van der Waals surface area contributed by atoms with E-state index in [0.717, 1.165) is 17.7 Å². The van der Waals surface area contributed by atoms with Crippen molar-refractivity contribution in [2.45, 2.75) is 31.8 Å². The highest BCUT2D eigenvalue weighted by Gasteiger charge is 2.20. The van der Waals surface area contributed by atoms with Gasteiger partial charge in [0.25, 0.3) is 0 Å². The normalized spacial score (nSPS) is 13.2. The molecule has 0 saturated carbocycles. The summed E-state index contributed by atoms with van der Waals surface area (Å²) in [5.41, 5.74) is 0.876. The molecule has 0 aliphatic rings. The number of rotatable bonds is 8. The van der Waals surface area contributed by atoms with Crippen LogP contribution in [0.3, 0.4) is 0 Å². The molecule has 0 heterocycles. The molecule has 116 valence electrons. The summed E-state index contributed by atoms with van der Waals surface area (Å²) in [6.45, 7) is 1.91. The van der Waals surface area contributed by atoms with Crippen LogP contribution in [0.25, 0.3) is 0 Å². The van der Waals surface area contributed by atoms with Crippen LogP contribution in [0.15, 0.2) is 30.3 Å². The zero-order valence-electron chi connectivity index (χ0n) is 12.3. The molecular weight excluding hydrogens is 288 g/mol. The molecule has 1 aromatic carbocycles. The number of carboxylic acid groups (broad SMARTS) is 1. The molecule has 0 aliphatic carbocycles. The summed E-state index contributed by atoms with van der Waals surface area (Å²) >= 11 is 1.71. The zero-order valence-corrected chi connectivity index (χ0v) is 13.2. The Kier molecular flexibility index (Phi) is 7.68. The number of carbonyl (C=O) groups is 2. The van der Waals surface area contributed by atoms with Crippen molar-refractivity contribution < 1.29 is 14.7 Å². The fourth-order valence-electron chi connectivity index (χ4n) is 1.84. The lowest BCUT2D eigenvalue weighted by molar-refractivity contribution is -0.139. The molecule has 0 aromatic heterocycles. The number of nitrogens with one attached hydrogen (secondary N) is 2. The van der Waals surface area contributed by atoms with E-state index in [1.54, 1.807) is 11.8 Å². The van der Waals surface area contributed by atoms with Gasteiger partial charge in [-0.05, 0) is 30.9 Å². The number of thioether (sulfide) groups is 1. The number of hydrogen-bond donors (Lipinski definition) is 3. The Labute approximate surface area is 129 Å². The molecule has 0 bridgehead atoms. The van der Waals surface area contributed by atoms with Crippen LogP contribution < -0.4 is 10.6 Å². The summed E-state index contributed by atoms with van der Waals surface area (Å²) in [6, 6.07) is 7.90. The van der Waals surface area contributed by atoms with Crippen molar-refractivity contribution >= 4 is 23.8 Å². The Morgan fingerprint density at radius 1 is 1.24 bits per heavy atom. The minimum absolute atomic E-state index is 0.0172. The van der Waals surface area contributed by atoms with Crippen molar-refractivity contribution in [2.75, 3.05) is 12.0 Å². The van der Waals surface area contributed by atoms with E-state index in [0.29, 0.717) is 0 Å². The molecule has 0 spiro atoms. The van der Waals surface area contributed by atoms with E-state index in [9.17, 15) is 14.7 Å². The largest absolute Gasteiger partial charge is 0.480 e. The van der Waals surface area contributed by atoms with Crippen LogP contribution in [0, 0.1) is 0 Å². The van der Waals surface area contributed by atoms with Gasteiger partial charge in [-0.2, -0.15) is 11.8 Å². The van der Waals surface area contributed by atoms with Crippen LogP contribution in [-0.2, 0) is 11.2 Å². The lowest BCUT2D eigenvalue weighted by Crippen LogP contribution is -2.49. The molecule has 21 heavy (non-hydrogen) atoms. The SMILES string of the molecule is CSCCC(C)NC(=O)N[C@@H](Cc1ccccc1)C(=O)O. The van der Waals surface area contributed by atoms with E-state index in [-0.39, 0.29) is 12.5 Å². The Bertz CT molecular complexity index is 453. The van der Waals surface area contributed by atoms with Gasteiger partial charge in [-0.25, -0.2) is 9.59 Å². The first kappa shape index (κ1) is 17.4. The molecule has 0 saturated heterocycles. The summed E-state index contributed by atoms with van der Waals surface area (Å²) < 4.78 is 0. The molecule has 3 N–H and O–H groups in total. The van der Waals surface area contributed by atoms with Crippen LogP contribution in [0.5, 0.6) is 0 Å². The van der Waals surface area contributed by atoms with Gasteiger partial charge in [-0.1, -0.05) is 30.3 Å². The first-order valence-electron chi connectivity index (χ1n) is 6.85. The lowest BCUT2D eigenvalue weighted by Gasteiger charge is -2.18. The van der Waals surface area contributed by atoms with Crippen molar-refractivity contribution in [3.05, 3.63) is 35.9 Å². The maximum absolute atomic E-state index is 11.8. The van der Waals surface area contributed by atoms with Gasteiger partial charge in [-0.15, -0.1) is 0 Å². The van der Waals surface area contributed by atoms with Crippen molar-refractivity contribution in [1.82, 2.24) is 10.6 Å². The number of aliphatic carboxylic acids is 1. The summed E-state index contributed by atoms with van der Waals surface area (Å²) in [5, 5.41) is 14.5. The van der Waals surface area contributed by atoms with Gasteiger partial charge in [-0.3, -0.25) is 0 Å². The average Bonchev–Trinajstić information content (AvgIpc) is 2.45. The Morgan fingerprint density at radius 3 is 2.48 bits per heavy atom. The Morgan fingerprint density at radius 2 is 1.90 bits per heavy atom. The second kappa shape index (κ2) is 9.28. The van der Waals surface area contributed by atoms with Crippen LogP contribution in [0.4, 0.5) is 4.79 Å². The number of amides is 2. The smallest absolute Gasteiger partial charge is 0.326 e. The van der Waals surface area contributed by atoms with Crippen LogP contribution in [-0.4, -0.2) is 41.2 Å². The summed E-state index contributed by atoms with van der Waals surface area (Å²) in [7, 11) is 0. The summed E-state index contributed by atoms with van der Waals surface area (Å²) in [6.07, 6.45) is 3.13. The number of carboxylic acids is 1. The summed E-state index contributed by atoms with van der Waals surface area (Å²) in [5.74, 6) is -0.0841. The predicted molar refractivity (Wildman–Crippen MR) is 85.7 cm³/mol. The highest BCUT2D eigenvalue weighted by molar-refractivity contribution is 7.98. The van der Waals surface area contributed by atoms with Crippen LogP contribution in [0.1, 0.15) is 18.9 Å². The van der Waals surface area contributed by atoms with Crippen molar-refractivity contribution in [2.24, 2.45) is 0 Å². The quantitative estimate of drug-likeness (QED) is 0.687. The maximum atomic E-state index is 11.8. The minimum atomic E-state index is -1.04. The van der Waals surface area contributed by atoms with Crippen LogP contribution >= 0.6 is 11.8 Å². The first-order chi connectivity index (χ1) is 10.0. The second-order valence-electron chi connectivity index (χ2n) is 4.88. The molecule has 1 rings (SSSR count). The molecule has 1 unspecified atom stereocenters. The number of urea groups is 1. The van der Waals surface area contributed by atoms with Gasteiger partial charge in [0, 0.05) is 12.5 Å². The van der Waals surface area contributed by atoms with E-state index in [1.807, 2.05) is 43.5 Å². The maximum Gasteiger partial charge on any atom is 0.326 e. The van der Waals surface area contributed by atoms with Crippen LogP contribution in [0.2, 0.25) is 0 Å². The Hall–Kier alpha value is -1.69. The molecule has 0 radical (unpaired) electrons. The lowest BCUT2D eigenvalue weighted by atomic mass is 10.1. The molecule has 2 amide bonds. The highest BCUT2D eigenvalue weighted by Crippen LogP contribution is 2.04. The predicted octanol–water partition coefficient (Wildman–Crippen LogP) is 2.12. The van der Waals surface area contributed by atoms with Gasteiger partial charge < -0.3 is 15.7 Å². The standard InChI is InChI=1S/C15H22N2O3S/c1-11(8-9-21-2)16-15(20)17-13(14(18)19)10-12-6-4-3-5-7-12/h3-7,11,13H,8-10H2,1-2H3,(H,18,19)(H2,16,17,20)/t11?,13-/m0/s1. The molecule has 5 nitrogen and oxygen atoms in total. The van der Waals surface area contributed by atoms with Crippen molar-refractivity contribution in [3.63, 3.8) is 0 Å². The van der Waals surface area contributed by atoms with E-state index < -0.39 is 18.0 Å². The van der Waals surface area contributed by atoms with Gasteiger partial charge in [0.05, 0.1) is 0 Å². The van der Waals surface area contributed by atoms with Gasteiger partial charge in [0.15, 0.2) is 0 Å². The highest BCUT2D eigenvalue weighted by atomic mass is 32.2. The Balaban J connectivity index is 2.50. The zero-order chi connectivity index (χ0) is 15.7. The minimum Gasteiger partial charge on any atom is -0.480 e. The summed E-state index contributed by atoms with van der Waals surface area (Å²) in [4.78, 5) is 23.1. The van der Waals surface area contributed by atoms with Gasteiger partial charge in [0.1, 0.15) is 6.04 Å². The van der Waals surface area contributed by atoms with Gasteiger partial charge >= 0.3 is 12.0 Å². The first-order valence-corrected chi connectivity index (χ1v) is 8.25. The van der Waals surface area contributed by atoms with E-state index in [1.165, 1.54) is 0 Å². The van der Waals surface area contributed by atoms with Crippen molar-refractivity contribution in [1.29, 1.82) is 0 Å². The molecule has 1 aromatic rings. The fraction of sp³-hybridized carbons (Fsp3) is 0.467. The van der Waals surface area contributed by atoms with Gasteiger partial charge in [0.2, 0.25) is 0 Å².